The minimum atomic E-state index is 0.00954. The molecule has 0 amide bonds. The van der Waals surface area contributed by atoms with E-state index in [-0.39, 0.29) is 19.1 Å². The van der Waals surface area contributed by atoms with Gasteiger partial charge in [-0.05, 0) is 25.7 Å². The van der Waals surface area contributed by atoms with E-state index in [1.807, 2.05) is 0 Å². The largest absolute Gasteiger partial charge is 0.396 e. The molecule has 2 heteroatoms. The zero-order valence-electron chi connectivity index (χ0n) is 6.79. The fourth-order valence-corrected chi connectivity index (χ4v) is 1.53. The van der Waals surface area contributed by atoms with E-state index in [2.05, 4.69) is 6.08 Å². The van der Waals surface area contributed by atoms with Crippen LogP contribution < -0.4 is 0 Å². The van der Waals surface area contributed by atoms with E-state index >= 15 is 0 Å². The summed E-state index contributed by atoms with van der Waals surface area (Å²) in [6, 6.07) is 0. The molecule has 0 aliphatic heterocycles. The summed E-state index contributed by atoms with van der Waals surface area (Å²) in [6.45, 7) is 0.171. The molecule has 1 rings (SSSR count). The van der Waals surface area contributed by atoms with E-state index in [0.29, 0.717) is 0 Å². The molecule has 0 saturated carbocycles. The fraction of sp³-hybridized carbons (Fsp3) is 0.778. The summed E-state index contributed by atoms with van der Waals surface area (Å²) in [6.07, 6.45) is 6.81. The maximum atomic E-state index is 8.88. The van der Waals surface area contributed by atoms with Gasteiger partial charge in [0, 0.05) is 5.92 Å². The Morgan fingerprint density at radius 1 is 1.27 bits per heavy atom. The first-order valence-corrected chi connectivity index (χ1v) is 4.29. The second-order valence-corrected chi connectivity index (χ2v) is 3.09. The van der Waals surface area contributed by atoms with Crippen LogP contribution in [0.1, 0.15) is 25.7 Å². The van der Waals surface area contributed by atoms with Crippen molar-refractivity contribution in [3.63, 3.8) is 0 Å². The Balaban J connectivity index is 2.48. The van der Waals surface area contributed by atoms with Crippen molar-refractivity contribution in [2.45, 2.75) is 25.7 Å². The Morgan fingerprint density at radius 2 is 2.00 bits per heavy atom. The van der Waals surface area contributed by atoms with E-state index in [1.165, 1.54) is 18.4 Å². The molecule has 0 saturated heterocycles. The molecule has 1 aliphatic carbocycles. The van der Waals surface area contributed by atoms with Crippen molar-refractivity contribution in [1.29, 1.82) is 0 Å². The second kappa shape index (κ2) is 4.52. The van der Waals surface area contributed by atoms with Gasteiger partial charge >= 0.3 is 0 Å². The lowest BCUT2D eigenvalue weighted by Crippen LogP contribution is -2.15. The highest BCUT2D eigenvalue weighted by atomic mass is 16.3. The van der Waals surface area contributed by atoms with Crippen LogP contribution in [0.3, 0.4) is 0 Å². The van der Waals surface area contributed by atoms with Crippen molar-refractivity contribution in [2.75, 3.05) is 13.2 Å². The summed E-state index contributed by atoms with van der Waals surface area (Å²) in [4.78, 5) is 0. The highest BCUT2D eigenvalue weighted by Gasteiger charge is 2.13. The Hall–Kier alpha value is -0.340. The molecule has 0 atom stereocenters. The van der Waals surface area contributed by atoms with Gasteiger partial charge in [0.1, 0.15) is 0 Å². The van der Waals surface area contributed by atoms with Gasteiger partial charge in [-0.3, -0.25) is 0 Å². The molecule has 0 radical (unpaired) electrons. The normalized spacial score (nSPS) is 18.6. The van der Waals surface area contributed by atoms with Gasteiger partial charge < -0.3 is 10.2 Å². The number of hydrogen-bond donors (Lipinski definition) is 2. The minimum Gasteiger partial charge on any atom is -0.396 e. The summed E-state index contributed by atoms with van der Waals surface area (Å²) in [5.41, 5.74) is 1.25. The summed E-state index contributed by atoms with van der Waals surface area (Å²) in [7, 11) is 0. The third-order valence-electron chi connectivity index (χ3n) is 2.29. The monoisotopic (exact) mass is 156 g/mol. The summed E-state index contributed by atoms with van der Waals surface area (Å²) in [5.74, 6) is 0.00954. The molecule has 2 nitrogen and oxygen atoms in total. The molecule has 11 heavy (non-hydrogen) atoms. The average Bonchev–Trinajstić information content (AvgIpc) is 2.09. The number of rotatable bonds is 3. The van der Waals surface area contributed by atoms with Gasteiger partial charge in [0.25, 0.3) is 0 Å². The van der Waals surface area contributed by atoms with Crippen LogP contribution >= 0.6 is 0 Å². The first-order chi connectivity index (χ1) is 5.38. The molecule has 0 bridgehead atoms. The summed E-state index contributed by atoms with van der Waals surface area (Å²) in [5, 5.41) is 17.8. The molecule has 0 heterocycles. The Morgan fingerprint density at radius 3 is 2.45 bits per heavy atom. The van der Waals surface area contributed by atoms with E-state index in [1.54, 1.807) is 0 Å². The highest BCUT2D eigenvalue weighted by molar-refractivity contribution is 5.09. The van der Waals surface area contributed by atoms with Gasteiger partial charge in [-0.1, -0.05) is 11.6 Å². The molecule has 2 N–H and O–H groups in total. The average molecular weight is 156 g/mol. The predicted molar refractivity (Wildman–Crippen MR) is 44.2 cm³/mol. The fourth-order valence-electron chi connectivity index (χ4n) is 1.53. The summed E-state index contributed by atoms with van der Waals surface area (Å²) < 4.78 is 0. The highest BCUT2D eigenvalue weighted by Crippen LogP contribution is 2.23. The smallest absolute Gasteiger partial charge is 0.0518 e. The number of aliphatic hydroxyl groups is 2. The van der Waals surface area contributed by atoms with Crippen LogP contribution in [0.4, 0.5) is 0 Å². The van der Waals surface area contributed by atoms with Crippen molar-refractivity contribution in [1.82, 2.24) is 0 Å². The van der Waals surface area contributed by atoms with E-state index < -0.39 is 0 Å². The van der Waals surface area contributed by atoms with Crippen molar-refractivity contribution < 1.29 is 10.2 Å². The van der Waals surface area contributed by atoms with Crippen LogP contribution in [0.5, 0.6) is 0 Å². The van der Waals surface area contributed by atoms with E-state index in [9.17, 15) is 0 Å². The lowest BCUT2D eigenvalue weighted by atomic mass is 9.90. The lowest BCUT2D eigenvalue weighted by molar-refractivity contribution is 0.167. The molecule has 0 fully saturated rings. The van der Waals surface area contributed by atoms with Crippen molar-refractivity contribution >= 4 is 0 Å². The molecular formula is C9H16O2. The SMILES string of the molecule is OCC(CO)C1=CCCCC1. The Bertz CT molecular complexity index is 136. The van der Waals surface area contributed by atoms with Gasteiger partial charge in [0.2, 0.25) is 0 Å². The van der Waals surface area contributed by atoms with Gasteiger partial charge in [0.15, 0.2) is 0 Å². The van der Waals surface area contributed by atoms with Crippen LogP contribution in [0, 0.1) is 5.92 Å². The molecule has 64 valence electrons. The maximum absolute atomic E-state index is 8.88. The standard InChI is InChI=1S/C9H16O2/c10-6-9(7-11)8-4-2-1-3-5-8/h4,9-11H,1-3,5-7H2. The van der Waals surface area contributed by atoms with Crippen LogP contribution in [0.2, 0.25) is 0 Å². The molecule has 0 aromatic rings. The van der Waals surface area contributed by atoms with Crippen LogP contribution in [-0.4, -0.2) is 23.4 Å². The lowest BCUT2D eigenvalue weighted by Gasteiger charge is -2.19. The topological polar surface area (TPSA) is 40.5 Å². The van der Waals surface area contributed by atoms with Crippen molar-refractivity contribution in [3.8, 4) is 0 Å². The quantitative estimate of drug-likeness (QED) is 0.600. The van der Waals surface area contributed by atoms with Gasteiger partial charge in [-0.2, -0.15) is 0 Å². The van der Waals surface area contributed by atoms with Crippen LogP contribution in [-0.2, 0) is 0 Å². The van der Waals surface area contributed by atoms with E-state index in [0.717, 1.165) is 12.8 Å². The molecule has 0 aromatic carbocycles. The van der Waals surface area contributed by atoms with Gasteiger partial charge in [0.05, 0.1) is 13.2 Å². The second-order valence-electron chi connectivity index (χ2n) is 3.09. The number of aliphatic hydroxyl groups excluding tert-OH is 2. The predicted octanol–water partition coefficient (Wildman–Crippen LogP) is 1.09. The zero-order chi connectivity index (χ0) is 8.10. The first-order valence-electron chi connectivity index (χ1n) is 4.29. The van der Waals surface area contributed by atoms with Crippen molar-refractivity contribution in [2.24, 2.45) is 5.92 Å². The Kier molecular flexibility index (Phi) is 3.60. The number of allylic oxidation sites excluding steroid dienone is 1. The van der Waals surface area contributed by atoms with Gasteiger partial charge in [-0.15, -0.1) is 0 Å². The third kappa shape index (κ3) is 2.31. The summed E-state index contributed by atoms with van der Waals surface area (Å²) >= 11 is 0. The molecule has 0 aromatic heterocycles. The minimum absolute atomic E-state index is 0.00954. The van der Waals surface area contributed by atoms with Crippen molar-refractivity contribution in [3.05, 3.63) is 11.6 Å². The third-order valence-corrected chi connectivity index (χ3v) is 2.29. The van der Waals surface area contributed by atoms with Crippen LogP contribution in [0.25, 0.3) is 0 Å². The first kappa shape index (κ1) is 8.75. The number of hydrogen-bond acceptors (Lipinski definition) is 2. The zero-order valence-corrected chi connectivity index (χ0v) is 6.79. The van der Waals surface area contributed by atoms with Crippen LogP contribution in [0.15, 0.2) is 11.6 Å². The molecular weight excluding hydrogens is 140 g/mol. The molecule has 0 spiro atoms. The molecule has 0 unspecified atom stereocenters. The Labute approximate surface area is 67.6 Å². The van der Waals surface area contributed by atoms with E-state index in [4.69, 9.17) is 10.2 Å². The maximum Gasteiger partial charge on any atom is 0.0518 e. The van der Waals surface area contributed by atoms with Gasteiger partial charge in [-0.25, -0.2) is 0 Å². The molecule has 1 aliphatic rings.